The summed E-state index contributed by atoms with van der Waals surface area (Å²) in [6.45, 7) is 7.31. The Hall–Kier alpha value is -2.97. The molecule has 1 aromatic carbocycles. The lowest BCUT2D eigenvalue weighted by molar-refractivity contribution is -0.140. The van der Waals surface area contributed by atoms with E-state index in [1.54, 1.807) is 26.0 Å². The number of aromatic hydroxyl groups is 1. The Morgan fingerprint density at radius 1 is 1.27 bits per heavy atom. The molecule has 0 bridgehead atoms. The number of benzene rings is 1. The quantitative estimate of drug-likeness (QED) is 0.695. The van der Waals surface area contributed by atoms with Crippen molar-refractivity contribution in [3.05, 3.63) is 18.2 Å². The number of nitrogens with zero attached hydrogens (tertiary/aromatic N) is 4. The van der Waals surface area contributed by atoms with Crippen LogP contribution in [0.4, 0.5) is 5.69 Å². The molecule has 2 aromatic rings. The van der Waals surface area contributed by atoms with Crippen molar-refractivity contribution in [2.45, 2.75) is 33.7 Å². The molecular weight excluding hydrogens is 338 g/mol. The summed E-state index contributed by atoms with van der Waals surface area (Å²) < 4.78 is 0. The zero-order valence-electron chi connectivity index (χ0n) is 15.0. The van der Waals surface area contributed by atoms with Crippen molar-refractivity contribution in [1.29, 1.82) is 0 Å². The molecule has 1 heterocycles. The first-order valence-electron chi connectivity index (χ1n) is 8.29. The second-order valence-electron chi connectivity index (χ2n) is 7.36. The number of anilines is 1. The number of aromatic nitrogens is 4. The normalized spacial score (nSPS) is 20.8. The summed E-state index contributed by atoms with van der Waals surface area (Å²) >= 11 is 0. The molecule has 0 unspecified atom stereocenters. The second kappa shape index (κ2) is 6.08. The number of phenols is 1. The van der Waals surface area contributed by atoms with Crippen LogP contribution in [0.5, 0.6) is 5.75 Å². The summed E-state index contributed by atoms with van der Waals surface area (Å²) in [4.78, 5) is 25.2. The molecule has 9 nitrogen and oxygen atoms in total. The molecule has 26 heavy (non-hydrogen) atoms. The topological polar surface area (TPSA) is 130 Å². The van der Waals surface area contributed by atoms with Crippen LogP contribution >= 0.6 is 0 Å². The summed E-state index contributed by atoms with van der Waals surface area (Å²) in [6, 6.07) is 4.64. The van der Waals surface area contributed by atoms with Crippen LogP contribution in [0.15, 0.2) is 18.2 Å². The maximum Gasteiger partial charge on any atom is 0.307 e. The van der Waals surface area contributed by atoms with E-state index in [0.29, 0.717) is 11.4 Å². The van der Waals surface area contributed by atoms with E-state index in [9.17, 15) is 19.8 Å². The van der Waals surface area contributed by atoms with E-state index in [2.05, 4.69) is 20.7 Å². The van der Waals surface area contributed by atoms with Crippen molar-refractivity contribution >= 4 is 17.6 Å². The molecule has 3 rings (SSSR count). The van der Waals surface area contributed by atoms with Gasteiger partial charge in [0, 0.05) is 5.56 Å². The van der Waals surface area contributed by atoms with Gasteiger partial charge in [0.1, 0.15) is 5.75 Å². The fraction of sp³-hybridized carbons (Fsp3) is 0.471. The number of aliphatic carboxylic acids is 1. The number of hydrogen-bond acceptors (Lipinski definition) is 6. The molecule has 1 aromatic heterocycles. The summed E-state index contributed by atoms with van der Waals surface area (Å²) in [5, 5.41) is 34.1. The minimum atomic E-state index is -0.998. The maximum atomic E-state index is 12.5. The highest BCUT2D eigenvalue weighted by Gasteiger charge is 2.65. The SMILES string of the molecule is CC(C)n1nnc(-c2ccc(O)c(NC(=O)[C@@H]3[C@H](C(=O)O)C3(C)C)c2)n1. The van der Waals surface area contributed by atoms with Crippen molar-refractivity contribution in [3.8, 4) is 17.1 Å². The van der Waals surface area contributed by atoms with E-state index in [4.69, 9.17) is 0 Å². The van der Waals surface area contributed by atoms with Gasteiger partial charge in [-0.2, -0.15) is 4.80 Å². The summed E-state index contributed by atoms with van der Waals surface area (Å²) in [5.74, 6) is -2.58. The monoisotopic (exact) mass is 359 g/mol. The number of amides is 1. The van der Waals surface area contributed by atoms with Gasteiger partial charge in [-0.3, -0.25) is 9.59 Å². The van der Waals surface area contributed by atoms with Crippen LogP contribution in [-0.4, -0.2) is 42.3 Å². The number of tetrazole rings is 1. The standard InChI is InChI=1S/C17H21N5O4/c1-8(2)22-20-14(19-21-22)9-5-6-11(23)10(7-9)18-15(24)12-13(16(25)26)17(12,3)4/h5-8,12-13,23H,1-4H3,(H,18,24)(H,25,26)/t12-,13+/m0/s1. The third-order valence-corrected chi connectivity index (χ3v) is 4.78. The number of carboxylic acid groups (broad SMARTS) is 1. The lowest BCUT2D eigenvalue weighted by Crippen LogP contribution is -2.17. The number of carbonyl (C=O) groups excluding carboxylic acids is 1. The van der Waals surface area contributed by atoms with Crippen molar-refractivity contribution in [3.63, 3.8) is 0 Å². The first-order chi connectivity index (χ1) is 12.1. The van der Waals surface area contributed by atoms with Gasteiger partial charge in [0.2, 0.25) is 11.7 Å². The molecule has 1 fully saturated rings. The fourth-order valence-corrected chi connectivity index (χ4v) is 3.13. The molecule has 0 saturated heterocycles. The number of rotatable bonds is 5. The van der Waals surface area contributed by atoms with Crippen LogP contribution in [-0.2, 0) is 9.59 Å². The van der Waals surface area contributed by atoms with Gasteiger partial charge >= 0.3 is 5.97 Å². The maximum absolute atomic E-state index is 12.5. The van der Waals surface area contributed by atoms with Crippen molar-refractivity contribution < 1.29 is 19.8 Å². The van der Waals surface area contributed by atoms with Crippen LogP contribution in [0.25, 0.3) is 11.4 Å². The Bertz CT molecular complexity index is 874. The first-order valence-corrected chi connectivity index (χ1v) is 8.29. The second-order valence-corrected chi connectivity index (χ2v) is 7.36. The Labute approximate surface area is 150 Å². The van der Waals surface area contributed by atoms with E-state index < -0.39 is 29.1 Å². The van der Waals surface area contributed by atoms with Gasteiger partial charge in [0.15, 0.2) is 0 Å². The number of hydrogen-bond donors (Lipinski definition) is 3. The Kier molecular flexibility index (Phi) is 4.17. The van der Waals surface area contributed by atoms with Gasteiger partial charge in [-0.25, -0.2) is 0 Å². The van der Waals surface area contributed by atoms with Crippen LogP contribution in [0, 0.1) is 17.3 Å². The van der Waals surface area contributed by atoms with Gasteiger partial charge in [-0.15, -0.1) is 10.2 Å². The Morgan fingerprint density at radius 2 is 1.96 bits per heavy atom. The predicted molar refractivity (Wildman–Crippen MR) is 92.3 cm³/mol. The molecule has 0 radical (unpaired) electrons. The van der Waals surface area contributed by atoms with Crippen LogP contribution in [0.3, 0.4) is 0 Å². The van der Waals surface area contributed by atoms with Gasteiger partial charge in [0.25, 0.3) is 0 Å². The molecule has 3 N–H and O–H groups in total. The third-order valence-electron chi connectivity index (χ3n) is 4.78. The minimum absolute atomic E-state index is 0.0533. The van der Waals surface area contributed by atoms with E-state index in [0.717, 1.165) is 0 Å². The highest BCUT2D eigenvalue weighted by atomic mass is 16.4. The lowest BCUT2D eigenvalue weighted by Gasteiger charge is -2.09. The summed E-state index contributed by atoms with van der Waals surface area (Å²) in [7, 11) is 0. The average Bonchev–Trinajstić information content (AvgIpc) is 2.92. The predicted octanol–water partition coefficient (Wildman–Crippen LogP) is 1.92. The van der Waals surface area contributed by atoms with Gasteiger partial charge < -0.3 is 15.5 Å². The largest absolute Gasteiger partial charge is 0.506 e. The highest BCUT2D eigenvalue weighted by Crippen LogP contribution is 2.58. The molecule has 138 valence electrons. The van der Waals surface area contributed by atoms with E-state index >= 15 is 0 Å². The number of carboxylic acids is 1. The van der Waals surface area contributed by atoms with Gasteiger partial charge in [0.05, 0.1) is 23.6 Å². The smallest absolute Gasteiger partial charge is 0.307 e. The van der Waals surface area contributed by atoms with Crippen molar-refractivity contribution in [2.75, 3.05) is 5.32 Å². The lowest BCUT2D eigenvalue weighted by atomic mass is 10.1. The van der Waals surface area contributed by atoms with E-state index in [-0.39, 0.29) is 17.5 Å². The number of carbonyl (C=O) groups is 2. The zero-order chi connectivity index (χ0) is 19.2. The van der Waals surface area contributed by atoms with Crippen LogP contribution in [0.2, 0.25) is 0 Å². The van der Waals surface area contributed by atoms with Gasteiger partial charge in [-0.1, -0.05) is 13.8 Å². The fourth-order valence-electron chi connectivity index (χ4n) is 3.13. The Balaban J connectivity index is 1.82. The van der Waals surface area contributed by atoms with E-state index in [1.165, 1.54) is 10.9 Å². The first kappa shape index (κ1) is 17.8. The molecule has 1 aliphatic carbocycles. The van der Waals surface area contributed by atoms with E-state index in [1.807, 2.05) is 13.8 Å². The molecular formula is C17H21N5O4. The third kappa shape index (κ3) is 3.00. The highest BCUT2D eigenvalue weighted by molar-refractivity contribution is 6.00. The summed E-state index contributed by atoms with van der Waals surface area (Å²) in [5.41, 5.74) is 0.139. The molecule has 0 aliphatic heterocycles. The molecule has 9 heteroatoms. The molecule has 1 amide bonds. The van der Waals surface area contributed by atoms with Crippen LogP contribution in [0.1, 0.15) is 33.7 Å². The number of phenolic OH excluding ortho intramolecular Hbond substituents is 1. The molecule has 0 spiro atoms. The van der Waals surface area contributed by atoms with Crippen molar-refractivity contribution in [1.82, 2.24) is 20.2 Å². The number of nitrogens with one attached hydrogen (secondary N) is 1. The average molecular weight is 359 g/mol. The van der Waals surface area contributed by atoms with Gasteiger partial charge in [-0.05, 0) is 42.7 Å². The van der Waals surface area contributed by atoms with Crippen molar-refractivity contribution in [2.24, 2.45) is 17.3 Å². The van der Waals surface area contributed by atoms with Crippen LogP contribution < -0.4 is 5.32 Å². The molecule has 2 atom stereocenters. The molecule has 1 aliphatic rings. The zero-order valence-corrected chi connectivity index (χ0v) is 15.0. The molecule has 1 saturated carbocycles. The minimum Gasteiger partial charge on any atom is -0.506 e. The summed E-state index contributed by atoms with van der Waals surface area (Å²) in [6.07, 6.45) is 0. The Morgan fingerprint density at radius 3 is 2.50 bits per heavy atom.